The molecule has 3 heterocycles. The molecule has 0 aliphatic carbocycles. The van der Waals surface area contributed by atoms with Gasteiger partial charge in [0.25, 0.3) is 5.91 Å². The smallest absolute Gasteiger partial charge is 0.338 e. The summed E-state index contributed by atoms with van der Waals surface area (Å²) in [5, 5.41) is 5.34. The highest BCUT2D eigenvalue weighted by atomic mass is 32.1. The number of hydrogen-bond donors (Lipinski definition) is 0. The van der Waals surface area contributed by atoms with Gasteiger partial charge in [-0.1, -0.05) is 12.8 Å². The van der Waals surface area contributed by atoms with Crippen LogP contribution in [-0.4, -0.2) is 33.7 Å². The van der Waals surface area contributed by atoms with Crippen LogP contribution < -0.4 is 0 Å². The van der Waals surface area contributed by atoms with Crippen LogP contribution in [0.25, 0.3) is 0 Å². The summed E-state index contributed by atoms with van der Waals surface area (Å²) >= 11 is 1.34. The van der Waals surface area contributed by atoms with Crippen LogP contribution in [0.3, 0.4) is 0 Å². The number of thiophene rings is 1. The summed E-state index contributed by atoms with van der Waals surface area (Å²) in [5.41, 5.74) is -0.117. The molecule has 0 bridgehead atoms. The maximum atomic E-state index is 12.6. The van der Waals surface area contributed by atoms with E-state index in [-0.39, 0.29) is 12.5 Å². The highest BCUT2D eigenvalue weighted by Gasteiger charge is 2.33. The number of carbonyl (C=O) groups is 1. The SMILES string of the molecule is O=C(c1cc(Cn2ccc(C(F)(F)F)n2)cs1)N1CCCCCC1. The molecule has 0 unspecified atom stereocenters. The first-order chi connectivity index (χ1) is 11.4. The molecule has 1 aliphatic heterocycles. The molecule has 1 saturated heterocycles. The number of carbonyl (C=O) groups excluding carboxylic acids is 1. The number of aromatic nitrogens is 2. The van der Waals surface area contributed by atoms with Crippen molar-refractivity contribution < 1.29 is 18.0 Å². The Morgan fingerprint density at radius 1 is 1.21 bits per heavy atom. The van der Waals surface area contributed by atoms with Crippen molar-refractivity contribution in [1.29, 1.82) is 0 Å². The predicted octanol–water partition coefficient (Wildman–Crippen LogP) is 4.03. The Balaban J connectivity index is 1.66. The number of nitrogens with zero attached hydrogens (tertiary/aromatic N) is 3. The van der Waals surface area contributed by atoms with Gasteiger partial charge in [-0.15, -0.1) is 11.3 Å². The van der Waals surface area contributed by atoms with E-state index in [0.29, 0.717) is 4.88 Å². The van der Waals surface area contributed by atoms with Gasteiger partial charge in [0.2, 0.25) is 0 Å². The lowest BCUT2D eigenvalue weighted by Crippen LogP contribution is -2.31. The van der Waals surface area contributed by atoms with Gasteiger partial charge in [0, 0.05) is 19.3 Å². The topological polar surface area (TPSA) is 38.1 Å². The van der Waals surface area contributed by atoms with Crippen molar-refractivity contribution >= 4 is 17.2 Å². The zero-order chi connectivity index (χ0) is 17.2. The fraction of sp³-hybridized carbons (Fsp3) is 0.500. The van der Waals surface area contributed by atoms with Gasteiger partial charge in [-0.25, -0.2) is 0 Å². The molecule has 8 heteroatoms. The van der Waals surface area contributed by atoms with Gasteiger partial charge >= 0.3 is 6.18 Å². The third kappa shape index (κ3) is 3.98. The second kappa shape index (κ2) is 6.96. The van der Waals surface area contributed by atoms with Crippen LogP contribution in [0.2, 0.25) is 0 Å². The third-order valence-electron chi connectivity index (χ3n) is 4.03. The average molecular weight is 357 g/mol. The van der Waals surface area contributed by atoms with Crippen molar-refractivity contribution in [2.24, 2.45) is 0 Å². The van der Waals surface area contributed by atoms with Crippen molar-refractivity contribution in [3.8, 4) is 0 Å². The number of likely N-dealkylation sites (tertiary alicyclic amines) is 1. The molecule has 0 radical (unpaired) electrons. The average Bonchev–Trinajstić information content (AvgIpc) is 3.10. The number of hydrogen-bond acceptors (Lipinski definition) is 3. The van der Waals surface area contributed by atoms with Gasteiger partial charge in [-0.2, -0.15) is 18.3 Å². The second-order valence-corrected chi connectivity index (χ2v) is 6.83. The van der Waals surface area contributed by atoms with E-state index in [9.17, 15) is 18.0 Å². The lowest BCUT2D eigenvalue weighted by molar-refractivity contribution is -0.141. The third-order valence-corrected chi connectivity index (χ3v) is 5.00. The molecule has 1 amide bonds. The Morgan fingerprint density at radius 3 is 2.54 bits per heavy atom. The number of halogens is 3. The van der Waals surface area contributed by atoms with Crippen LogP contribution in [0.1, 0.15) is 46.6 Å². The Bertz CT molecular complexity index is 699. The molecule has 0 spiro atoms. The van der Waals surface area contributed by atoms with E-state index in [0.717, 1.165) is 50.4 Å². The molecule has 1 aliphatic rings. The number of amides is 1. The van der Waals surface area contributed by atoms with Crippen LogP contribution >= 0.6 is 11.3 Å². The van der Waals surface area contributed by atoms with Crippen molar-refractivity contribution in [1.82, 2.24) is 14.7 Å². The van der Waals surface area contributed by atoms with E-state index < -0.39 is 11.9 Å². The molecule has 0 saturated carbocycles. The largest absolute Gasteiger partial charge is 0.435 e. The normalized spacial score (nSPS) is 16.2. The molecule has 2 aromatic heterocycles. The minimum absolute atomic E-state index is 0.0181. The summed E-state index contributed by atoms with van der Waals surface area (Å²) < 4.78 is 38.9. The van der Waals surface area contributed by atoms with Crippen LogP contribution in [-0.2, 0) is 12.7 Å². The van der Waals surface area contributed by atoms with Crippen LogP contribution in [0.15, 0.2) is 23.7 Å². The minimum atomic E-state index is -4.44. The van der Waals surface area contributed by atoms with Crippen molar-refractivity contribution in [2.45, 2.75) is 38.4 Å². The van der Waals surface area contributed by atoms with Crippen LogP contribution in [0.4, 0.5) is 13.2 Å². The lowest BCUT2D eigenvalue weighted by Gasteiger charge is -2.19. The summed E-state index contributed by atoms with van der Waals surface area (Å²) in [6.07, 6.45) is 1.22. The van der Waals surface area contributed by atoms with Gasteiger partial charge in [-0.3, -0.25) is 9.48 Å². The Morgan fingerprint density at radius 2 is 1.92 bits per heavy atom. The molecule has 1 fully saturated rings. The molecule has 24 heavy (non-hydrogen) atoms. The first kappa shape index (κ1) is 17.0. The number of alkyl halides is 3. The highest BCUT2D eigenvalue weighted by molar-refractivity contribution is 7.12. The van der Waals surface area contributed by atoms with Crippen LogP contribution in [0, 0.1) is 0 Å². The van der Waals surface area contributed by atoms with Gasteiger partial charge in [-0.05, 0) is 35.9 Å². The van der Waals surface area contributed by atoms with Gasteiger partial charge < -0.3 is 4.90 Å². The molecular formula is C16H18F3N3OS. The van der Waals surface area contributed by atoms with E-state index in [1.807, 2.05) is 4.90 Å². The quantitative estimate of drug-likeness (QED) is 0.832. The van der Waals surface area contributed by atoms with E-state index in [1.165, 1.54) is 22.2 Å². The maximum Gasteiger partial charge on any atom is 0.435 e. The fourth-order valence-corrected chi connectivity index (χ4v) is 3.66. The first-order valence-electron chi connectivity index (χ1n) is 7.91. The van der Waals surface area contributed by atoms with Crippen LogP contribution in [0.5, 0.6) is 0 Å². The van der Waals surface area contributed by atoms with E-state index in [1.54, 1.807) is 11.4 Å². The second-order valence-electron chi connectivity index (χ2n) is 5.92. The van der Waals surface area contributed by atoms with Crippen molar-refractivity contribution in [3.63, 3.8) is 0 Å². The van der Waals surface area contributed by atoms with Gasteiger partial charge in [0.05, 0.1) is 11.4 Å². The molecule has 4 nitrogen and oxygen atoms in total. The standard InChI is InChI=1S/C16H18F3N3OS/c17-16(18,19)14-5-8-22(20-14)10-12-9-13(24-11-12)15(23)21-6-3-1-2-4-7-21/h5,8-9,11H,1-4,6-7,10H2. The zero-order valence-corrected chi connectivity index (χ0v) is 13.9. The summed E-state index contributed by atoms with van der Waals surface area (Å²) in [6, 6.07) is 2.71. The summed E-state index contributed by atoms with van der Waals surface area (Å²) in [4.78, 5) is 15.0. The minimum Gasteiger partial charge on any atom is -0.338 e. The monoisotopic (exact) mass is 357 g/mol. The Labute approximate surface area is 141 Å². The summed E-state index contributed by atoms with van der Waals surface area (Å²) in [6.45, 7) is 1.78. The first-order valence-corrected chi connectivity index (χ1v) is 8.79. The molecule has 0 N–H and O–H groups in total. The van der Waals surface area contributed by atoms with Gasteiger partial charge in [0.15, 0.2) is 5.69 Å². The van der Waals surface area contributed by atoms with E-state index in [2.05, 4.69) is 5.10 Å². The summed E-state index contributed by atoms with van der Waals surface area (Å²) in [5.74, 6) is 0.0181. The molecule has 130 valence electrons. The Kier molecular flexibility index (Phi) is 4.93. The summed E-state index contributed by atoms with van der Waals surface area (Å²) in [7, 11) is 0. The molecule has 3 rings (SSSR count). The molecule has 0 aromatic carbocycles. The highest BCUT2D eigenvalue weighted by Crippen LogP contribution is 2.27. The molecule has 2 aromatic rings. The van der Waals surface area contributed by atoms with Gasteiger partial charge in [0.1, 0.15) is 0 Å². The van der Waals surface area contributed by atoms with E-state index >= 15 is 0 Å². The Hall–Kier alpha value is -1.83. The number of rotatable bonds is 3. The fourth-order valence-electron chi connectivity index (χ4n) is 2.79. The lowest BCUT2D eigenvalue weighted by atomic mass is 10.2. The van der Waals surface area contributed by atoms with E-state index in [4.69, 9.17) is 0 Å². The molecule has 0 atom stereocenters. The predicted molar refractivity (Wildman–Crippen MR) is 85.0 cm³/mol. The van der Waals surface area contributed by atoms with Crippen molar-refractivity contribution in [3.05, 3.63) is 39.8 Å². The maximum absolute atomic E-state index is 12.6. The van der Waals surface area contributed by atoms with Crippen molar-refractivity contribution in [2.75, 3.05) is 13.1 Å². The zero-order valence-electron chi connectivity index (χ0n) is 13.1. The molecular weight excluding hydrogens is 339 g/mol.